The first-order valence-electron chi connectivity index (χ1n) is 4.88. The van der Waals surface area contributed by atoms with Crippen LogP contribution in [0.25, 0.3) is 0 Å². The minimum Gasteiger partial charge on any atom is -0.351 e. The third kappa shape index (κ3) is 3.79. The Balaban J connectivity index is 2.62. The highest BCUT2D eigenvalue weighted by Crippen LogP contribution is 2.16. The number of nitrogens with zero attached hydrogens (tertiary/aromatic N) is 1. The molecule has 1 aromatic rings. The maximum atomic E-state index is 12.9. The van der Waals surface area contributed by atoms with Gasteiger partial charge in [0.15, 0.2) is 0 Å². The standard InChI is InChI=1S/C11H14ClFN2O/c1-15(2)6-5-14-11(16)9-7-8(13)3-4-10(9)12/h3-4,7H,5-6H2,1-2H3,(H,14,16). The number of benzene rings is 1. The van der Waals surface area contributed by atoms with Crippen molar-refractivity contribution in [1.29, 1.82) is 0 Å². The van der Waals surface area contributed by atoms with Crippen molar-refractivity contribution in [1.82, 2.24) is 10.2 Å². The van der Waals surface area contributed by atoms with Gasteiger partial charge in [0, 0.05) is 13.1 Å². The van der Waals surface area contributed by atoms with Crippen molar-refractivity contribution >= 4 is 17.5 Å². The van der Waals surface area contributed by atoms with Crippen LogP contribution < -0.4 is 5.32 Å². The van der Waals surface area contributed by atoms with E-state index >= 15 is 0 Å². The molecule has 0 saturated heterocycles. The number of halogens is 2. The fraction of sp³-hybridized carbons (Fsp3) is 0.364. The molecule has 1 amide bonds. The smallest absolute Gasteiger partial charge is 0.252 e. The van der Waals surface area contributed by atoms with Crippen molar-refractivity contribution < 1.29 is 9.18 Å². The van der Waals surface area contributed by atoms with E-state index in [0.29, 0.717) is 6.54 Å². The lowest BCUT2D eigenvalue weighted by atomic mass is 10.2. The molecule has 88 valence electrons. The van der Waals surface area contributed by atoms with Gasteiger partial charge in [-0.2, -0.15) is 0 Å². The Morgan fingerprint density at radius 3 is 2.81 bits per heavy atom. The molecule has 0 aliphatic rings. The van der Waals surface area contributed by atoms with Gasteiger partial charge >= 0.3 is 0 Å². The molecular weight excluding hydrogens is 231 g/mol. The minimum absolute atomic E-state index is 0.167. The average molecular weight is 245 g/mol. The second-order valence-corrected chi connectivity index (χ2v) is 4.09. The fourth-order valence-electron chi connectivity index (χ4n) is 1.16. The third-order valence-electron chi connectivity index (χ3n) is 2.02. The Kier molecular flexibility index (Phi) is 4.71. The van der Waals surface area contributed by atoms with E-state index in [1.165, 1.54) is 12.1 Å². The molecule has 0 heterocycles. The van der Waals surface area contributed by atoms with Gasteiger partial charge in [0.1, 0.15) is 5.82 Å². The van der Waals surface area contributed by atoms with Gasteiger partial charge in [0.05, 0.1) is 10.6 Å². The van der Waals surface area contributed by atoms with Gasteiger partial charge in [-0.15, -0.1) is 0 Å². The van der Waals surface area contributed by atoms with E-state index in [0.717, 1.165) is 12.6 Å². The zero-order valence-electron chi connectivity index (χ0n) is 9.26. The number of nitrogens with one attached hydrogen (secondary N) is 1. The summed E-state index contributed by atoms with van der Waals surface area (Å²) in [7, 11) is 3.81. The Hall–Kier alpha value is -1.13. The van der Waals surface area contributed by atoms with Crippen molar-refractivity contribution in [3.05, 3.63) is 34.6 Å². The molecular formula is C11H14ClFN2O. The first-order valence-corrected chi connectivity index (χ1v) is 5.26. The van der Waals surface area contributed by atoms with Crippen LogP contribution in [0, 0.1) is 5.82 Å². The van der Waals surface area contributed by atoms with Crippen LogP contribution in [0.5, 0.6) is 0 Å². The largest absolute Gasteiger partial charge is 0.351 e. The van der Waals surface area contributed by atoms with Crippen LogP contribution in [-0.2, 0) is 0 Å². The molecule has 0 unspecified atom stereocenters. The number of carbonyl (C=O) groups excluding carboxylic acids is 1. The Bertz CT molecular complexity index is 382. The van der Waals surface area contributed by atoms with E-state index in [9.17, 15) is 9.18 Å². The monoisotopic (exact) mass is 244 g/mol. The Morgan fingerprint density at radius 1 is 1.50 bits per heavy atom. The quantitative estimate of drug-likeness (QED) is 0.876. The molecule has 0 saturated carbocycles. The highest BCUT2D eigenvalue weighted by molar-refractivity contribution is 6.33. The summed E-state index contributed by atoms with van der Waals surface area (Å²) in [5, 5.41) is 2.92. The Labute approximate surface area is 99.2 Å². The summed E-state index contributed by atoms with van der Waals surface area (Å²) in [5.41, 5.74) is 0.167. The maximum absolute atomic E-state index is 12.9. The molecule has 16 heavy (non-hydrogen) atoms. The van der Waals surface area contributed by atoms with Gasteiger partial charge in [0.25, 0.3) is 5.91 Å². The van der Waals surface area contributed by atoms with Gasteiger partial charge in [0.2, 0.25) is 0 Å². The normalized spacial score (nSPS) is 10.6. The van der Waals surface area contributed by atoms with Crippen molar-refractivity contribution in [2.75, 3.05) is 27.2 Å². The van der Waals surface area contributed by atoms with E-state index in [1.54, 1.807) is 0 Å². The summed E-state index contributed by atoms with van der Waals surface area (Å²) in [6, 6.07) is 3.73. The van der Waals surface area contributed by atoms with Gasteiger partial charge in [-0.05, 0) is 32.3 Å². The van der Waals surface area contributed by atoms with E-state index in [-0.39, 0.29) is 16.5 Å². The lowest BCUT2D eigenvalue weighted by Crippen LogP contribution is -2.31. The predicted molar refractivity (Wildman–Crippen MR) is 62.3 cm³/mol. The van der Waals surface area contributed by atoms with Crippen LogP contribution in [0.3, 0.4) is 0 Å². The first kappa shape index (κ1) is 12.9. The highest BCUT2D eigenvalue weighted by atomic mass is 35.5. The van der Waals surface area contributed by atoms with Gasteiger partial charge in [-0.1, -0.05) is 11.6 Å². The SMILES string of the molecule is CN(C)CCNC(=O)c1cc(F)ccc1Cl. The molecule has 0 aliphatic heterocycles. The molecule has 0 aromatic heterocycles. The minimum atomic E-state index is -0.470. The number of likely N-dealkylation sites (N-methyl/N-ethyl adjacent to an activating group) is 1. The molecule has 0 radical (unpaired) electrons. The summed E-state index contributed by atoms with van der Waals surface area (Å²) in [6.07, 6.45) is 0. The number of hydrogen-bond donors (Lipinski definition) is 1. The predicted octanol–water partition coefficient (Wildman–Crippen LogP) is 1.77. The molecule has 0 spiro atoms. The molecule has 1 N–H and O–H groups in total. The lowest BCUT2D eigenvalue weighted by molar-refractivity contribution is 0.0950. The number of amides is 1. The molecule has 5 heteroatoms. The topological polar surface area (TPSA) is 32.3 Å². The zero-order valence-corrected chi connectivity index (χ0v) is 10.0. The van der Waals surface area contributed by atoms with E-state index in [4.69, 9.17) is 11.6 Å². The van der Waals surface area contributed by atoms with Crippen LogP contribution in [0.4, 0.5) is 4.39 Å². The number of hydrogen-bond acceptors (Lipinski definition) is 2. The molecule has 0 bridgehead atoms. The van der Waals surface area contributed by atoms with Crippen molar-refractivity contribution in [2.45, 2.75) is 0 Å². The molecule has 0 atom stereocenters. The van der Waals surface area contributed by atoms with E-state index < -0.39 is 5.82 Å². The third-order valence-corrected chi connectivity index (χ3v) is 2.35. The number of carbonyl (C=O) groups is 1. The van der Waals surface area contributed by atoms with Gasteiger partial charge < -0.3 is 10.2 Å². The van der Waals surface area contributed by atoms with Gasteiger partial charge in [-0.25, -0.2) is 4.39 Å². The fourth-order valence-corrected chi connectivity index (χ4v) is 1.36. The average Bonchev–Trinajstić information content (AvgIpc) is 2.21. The summed E-state index contributed by atoms with van der Waals surface area (Å²) in [5.74, 6) is -0.825. The summed E-state index contributed by atoms with van der Waals surface area (Å²) in [6.45, 7) is 1.22. The lowest BCUT2D eigenvalue weighted by Gasteiger charge is -2.11. The second kappa shape index (κ2) is 5.82. The van der Waals surface area contributed by atoms with Crippen LogP contribution >= 0.6 is 11.6 Å². The zero-order chi connectivity index (χ0) is 12.1. The summed E-state index contributed by atoms with van der Waals surface area (Å²) >= 11 is 5.79. The van der Waals surface area contributed by atoms with Crippen LogP contribution in [-0.4, -0.2) is 38.0 Å². The Morgan fingerprint density at radius 2 is 2.19 bits per heavy atom. The maximum Gasteiger partial charge on any atom is 0.252 e. The van der Waals surface area contributed by atoms with Crippen LogP contribution in [0.1, 0.15) is 10.4 Å². The van der Waals surface area contributed by atoms with Gasteiger partial charge in [-0.3, -0.25) is 4.79 Å². The molecule has 1 aromatic carbocycles. The first-order chi connectivity index (χ1) is 7.50. The van der Waals surface area contributed by atoms with E-state index in [2.05, 4.69) is 5.32 Å². The van der Waals surface area contributed by atoms with Crippen molar-refractivity contribution in [3.63, 3.8) is 0 Å². The molecule has 3 nitrogen and oxygen atoms in total. The molecule has 1 rings (SSSR count). The summed E-state index contributed by atoms with van der Waals surface area (Å²) < 4.78 is 12.9. The van der Waals surface area contributed by atoms with Crippen molar-refractivity contribution in [2.24, 2.45) is 0 Å². The van der Waals surface area contributed by atoms with Crippen LogP contribution in [0.15, 0.2) is 18.2 Å². The van der Waals surface area contributed by atoms with Crippen LogP contribution in [0.2, 0.25) is 5.02 Å². The molecule has 0 fully saturated rings. The number of rotatable bonds is 4. The molecule has 0 aliphatic carbocycles. The van der Waals surface area contributed by atoms with E-state index in [1.807, 2.05) is 19.0 Å². The second-order valence-electron chi connectivity index (χ2n) is 3.68. The van der Waals surface area contributed by atoms with Crippen molar-refractivity contribution in [3.8, 4) is 0 Å². The highest BCUT2D eigenvalue weighted by Gasteiger charge is 2.10. The summed E-state index contributed by atoms with van der Waals surface area (Å²) in [4.78, 5) is 13.6.